The quantitative estimate of drug-likeness (QED) is 0.731. The molecule has 28 heavy (non-hydrogen) atoms. The number of aryl methyl sites for hydroxylation is 1. The van der Waals surface area contributed by atoms with Crippen molar-refractivity contribution < 1.29 is 14.3 Å². The monoisotopic (exact) mass is 376 g/mol. The molecule has 1 aliphatic rings. The van der Waals surface area contributed by atoms with Crippen LogP contribution in [0.5, 0.6) is 5.75 Å². The summed E-state index contributed by atoms with van der Waals surface area (Å²) in [4.78, 5) is 25.1. The van der Waals surface area contributed by atoms with Gasteiger partial charge in [0.05, 0.1) is 19.7 Å². The van der Waals surface area contributed by atoms with E-state index >= 15 is 0 Å². The molecule has 2 aromatic carbocycles. The van der Waals surface area contributed by atoms with Gasteiger partial charge in [0.25, 0.3) is 0 Å². The molecule has 0 spiro atoms. The minimum Gasteiger partial charge on any atom is -0.497 e. The molecule has 0 bridgehead atoms. The predicted molar refractivity (Wildman–Crippen MR) is 106 cm³/mol. The lowest BCUT2D eigenvalue weighted by atomic mass is 10.1. The topological polar surface area (TPSA) is 85.2 Å². The molecule has 0 fully saturated rings. The van der Waals surface area contributed by atoms with E-state index in [2.05, 4.69) is 15.7 Å². The Morgan fingerprint density at radius 1 is 1.18 bits per heavy atom. The SMILES string of the molecule is COc1ccc(-c2cnn3c2NC(=O)CC3C(=O)Nc2ccc(C)cc2)cc1. The van der Waals surface area contributed by atoms with Crippen molar-refractivity contribution in [3.63, 3.8) is 0 Å². The van der Waals surface area contributed by atoms with Crippen LogP contribution < -0.4 is 15.4 Å². The summed E-state index contributed by atoms with van der Waals surface area (Å²) in [6, 6.07) is 14.3. The van der Waals surface area contributed by atoms with E-state index < -0.39 is 6.04 Å². The van der Waals surface area contributed by atoms with E-state index in [0.29, 0.717) is 11.5 Å². The van der Waals surface area contributed by atoms with E-state index in [1.54, 1.807) is 18.0 Å². The highest BCUT2D eigenvalue weighted by Crippen LogP contribution is 2.35. The first-order chi connectivity index (χ1) is 13.5. The molecular formula is C21H20N4O3. The molecule has 142 valence electrons. The summed E-state index contributed by atoms with van der Waals surface area (Å²) in [6.07, 6.45) is 1.70. The van der Waals surface area contributed by atoms with Crippen LogP contribution in [0.3, 0.4) is 0 Å². The van der Waals surface area contributed by atoms with Gasteiger partial charge in [0.15, 0.2) is 0 Å². The van der Waals surface area contributed by atoms with E-state index in [4.69, 9.17) is 4.74 Å². The van der Waals surface area contributed by atoms with E-state index in [-0.39, 0.29) is 18.2 Å². The number of hydrogen-bond donors (Lipinski definition) is 2. The molecule has 2 heterocycles. The molecule has 0 saturated carbocycles. The molecular weight excluding hydrogens is 356 g/mol. The second kappa shape index (κ2) is 7.19. The maximum absolute atomic E-state index is 12.8. The fourth-order valence-corrected chi connectivity index (χ4v) is 3.22. The molecule has 7 heteroatoms. The highest BCUT2D eigenvalue weighted by molar-refractivity contribution is 6.03. The van der Waals surface area contributed by atoms with E-state index in [1.165, 1.54) is 0 Å². The lowest BCUT2D eigenvalue weighted by Crippen LogP contribution is -2.35. The molecule has 2 amide bonds. The molecule has 0 saturated heterocycles. The zero-order chi connectivity index (χ0) is 19.7. The minimum atomic E-state index is -0.711. The van der Waals surface area contributed by atoms with Crippen LogP contribution in [-0.4, -0.2) is 28.7 Å². The van der Waals surface area contributed by atoms with Gasteiger partial charge >= 0.3 is 0 Å². The van der Waals surface area contributed by atoms with Crippen molar-refractivity contribution >= 4 is 23.3 Å². The van der Waals surface area contributed by atoms with Gasteiger partial charge in [-0.05, 0) is 36.8 Å². The van der Waals surface area contributed by atoms with Gasteiger partial charge in [0, 0.05) is 11.3 Å². The van der Waals surface area contributed by atoms with Gasteiger partial charge in [-0.3, -0.25) is 9.59 Å². The lowest BCUT2D eigenvalue weighted by molar-refractivity contribution is -0.125. The van der Waals surface area contributed by atoms with E-state index in [0.717, 1.165) is 22.4 Å². The number of ether oxygens (including phenoxy) is 1. The van der Waals surface area contributed by atoms with Gasteiger partial charge in [-0.25, -0.2) is 4.68 Å². The maximum Gasteiger partial charge on any atom is 0.249 e. The normalized spacial score (nSPS) is 15.5. The average molecular weight is 376 g/mol. The number of benzene rings is 2. The summed E-state index contributed by atoms with van der Waals surface area (Å²) >= 11 is 0. The van der Waals surface area contributed by atoms with Crippen molar-refractivity contribution in [2.24, 2.45) is 0 Å². The number of nitrogens with zero attached hydrogens (tertiary/aromatic N) is 2. The third-order valence-electron chi connectivity index (χ3n) is 4.75. The zero-order valence-corrected chi connectivity index (χ0v) is 15.6. The van der Waals surface area contributed by atoms with Crippen LogP contribution in [0.1, 0.15) is 18.0 Å². The van der Waals surface area contributed by atoms with Crippen LogP contribution in [0, 0.1) is 6.92 Å². The fourth-order valence-electron chi connectivity index (χ4n) is 3.22. The number of nitrogens with one attached hydrogen (secondary N) is 2. The Labute approximate surface area is 162 Å². The first-order valence-corrected chi connectivity index (χ1v) is 8.94. The number of anilines is 2. The van der Waals surface area contributed by atoms with Gasteiger partial charge in [-0.15, -0.1) is 0 Å². The third kappa shape index (κ3) is 3.34. The van der Waals surface area contributed by atoms with Crippen molar-refractivity contribution in [3.05, 3.63) is 60.3 Å². The summed E-state index contributed by atoms with van der Waals surface area (Å²) < 4.78 is 6.76. The van der Waals surface area contributed by atoms with Crippen molar-refractivity contribution in [3.8, 4) is 16.9 Å². The Kier molecular flexibility index (Phi) is 4.57. The molecule has 0 aliphatic carbocycles. The molecule has 2 N–H and O–H groups in total. The Hall–Kier alpha value is -3.61. The number of amides is 2. The van der Waals surface area contributed by atoms with Crippen molar-refractivity contribution in [2.45, 2.75) is 19.4 Å². The second-order valence-electron chi connectivity index (χ2n) is 6.70. The van der Waals surface area contributed by atoms with Crippen molar-refractivity contribution in [1.29, 1.82) is 0 Å². The molecule has 1 unspecified atom stereocenters. The molecule has 0 radical (unpaired) electrons. The standard InChI is InChI=1S/C21H20N4O3/c1-13-3-7-15(8-4-13)23-21(27)18-11-19(26)24-20-17(12-22-25(18)20)14-5-9-16(28-2)10-6-14/h3-10,12,18H,11H2,1-2H3,(H,23,27)(H,24,26). The molecule has 3 aromatic rings. The van der Waals surface area contributed by atoms with Crippen LogP contribution in [0.4, 0.5) is 11.5 Å². The summed E-state index contributed by atoms with van der Waals surface area (Å²) in [5, 5.41) is 10.1. The first kappa shape index (κ1) is 17.8. The number of hydrogen-bond acceptors (Lipinski definition) is 4. The number of aromatic nitrogens is 2. The summed E-state index contributed by atoms with van der Waals surface area (Å²) in [7, 11) is 1.61. The smallest absolute Gasteiger partial charge is 0.249 e. The Bertz CT molecular complexity index is 1020. The van der Waals surface area contributed by atoms with Gasteiger partial charge < -0.3 is 15.4 Å². The number of methoxy groups -OCH3 is 1. The van der Waals surface area contributed by atoms with Crippen LogP contribution >= 0.6 is 0 Å². The fraction of sp³-hybridized carbons (Fsp3) is 0.190. The Balaban J connectivity index is 1.63. The zero-order valence-electron chi connectivity index (χ0n) is 15.6. The lowest BCUT2D eigenvalue weighted by Gasteiger charge is -2.24. The first-order valence-electron chi connectivity index (χ1n) is 8.94. The van der Waals surface area contributed by atoms with Gasteiger partial charge in [0.1, 0.15) is 17.6 Å². The van der Waals surface area contributed by atoms with E-state index in [9.17, 15) is 9.59 Å². The number of carbonyl (C=O) groups excluding carboxylic acids is 2. The highest BCUT2D eigenvalue weighted by Gasteiger charge is 2.33. The van der Waals surface area contributed by atoms with Gasteiger partial charge in [0.2, 0.25) is 11.8 Å². The van der Waals surface area contributed by atoms with Crippen LogP contribution in [0.25, 0.3) is 11.1 Å². The maximum atomic E-state index is 12.8. The van der Waals surface area contributed by atoms with Crippen LogP contribution in [0.15, 0.2) is 54.7 Å². The van der Waals surface area contributed by atoms with Crippen molar-refractivity contribution in [1.82, 2.24) is 9.78 Å². The molecule has 4 rings (SSSR count). The largest absolute Gasteiger partial charge is 0.497 e. The third-order valence-corrected chi connectivity index (χ3v) is 4.75. The highest BCUT2D eigenvalue weighted by atomic mass is 16.5. The van der Waals surface area contributed by atoms with Gasteiger partial charge in [-0.2, -0.15) is 5.10 Å². The minimum absolute atomic E-state index is 0.0361. The Morgan fingerprint density at radius 3 is 2.57 bits per heavy atom. The summed E-state index contributed by atoms with van der Waals surface area (Å²) in [5.74, 6) is 0.769. The van der Waals surface area contributed by atoms with Crippen LogP contribution in [0.2, 0.25) is 0 Å². The predicted octanol–water partition coefficient (Wildman–Crippen LogP) is 3.39. The second-order valence-corrected chi connectivity index (χ2v) is 6.70. The average Bonchev–Trinajstić information content (AvgIpc) is 3.12. The molecule has 1 aromatic heterocycles. The van der Waals surface area contributed by atoms with Gasteiger partial charge in [-0.1, -0.05) is 29.8 Å². The molecule has 7 nitrogen and oxygen atoms in total. The Morgan fingerprint density at radius 2 is 1.89 bits per heavy atom. The molecule has 1 aliphatic heterocycles. The number of carbonyl (C=O) groups is 2. The molecule has 1 atom stereocenters. The number of rotatable bonds is 4. The summed E-state index contributed by atoms with van der Waals surface area (Å²) in [6.45, 7) is 1.98. The van der Waals surface area contributed by atoms with Crippen molar-refractivity contribution in [2.75, 3.05) is 17.7 Å². The number of fused-ring (bicyclic) bond motifs is 1. The van der Waals surface area contributed by atoms with E-state index in [1.807, 2.05) is 55.5 Å². The summed E-state index contributed by atoms with van der Waals surface area (Å²) in [5.41, 5.74) is 3.42. The van der Waals surface area contributed by atoms with Crippen LogP contribution in [-0.2, 0) is 9.59 Å².